The minimum atomic E-state index is -4.96. The van der Waals surface area contributed by atoms with Crippen LogP contribution in [0.4, 0.5) is 0 Å². The van der Waals surface area contributed by atoms with Crippen LogP contribution in [0.5, 0.6) is 0 Å². The zero-order valence-electron chi connectivity index (χ0n) is 35.6. The summed E-state index contributed by atoms with van der Waals surface area (Å²) in [6.45, 7) is 3.71. The van der Waals surface area contributed by atoms with Gasteiger partial charge >= 0.3 is 7.82 Å². The van der Waals surface area contributed by atoms with Gasteiger partial charge in [0.15, 0.2) is 11.6 Å². The molecule has 3 N–H and O–H groups in total. The number of aliphatic hydroxyl groups is 2. The van der Waals surface area contributed by atoms with Crippen LogP contribution in [-0.2, 0) is 23.2 Å². The van der Waals surface area contributed by atoms with E-state index >= 15 is 0 Å². The molecule has 0 aromatic heterocycles. The van der Waals surface area contributed by atoms with E-state index in [9.17, 15) is 29.3 Å². The number of rotatable bonds is 40. The Kier molecular flexibility index (Phi) is 33.2. The number of ketones is 2. The number of hydrogen-bond acceptors (Lipinski definition) is 7. The van der Waals surface area contributed by atoms with Crippen molar-refractivity contribution in [2.45, 2.75) is 205 Å². The van der Waals surface area contributed by atoms with Gasteiger partial charge < -0.3 is 19.6 Å². The lowest BCUT2D eigenvalue weighted by Gasteiger charge is -2.35. The first-order valence-corrected chi connectivity index (χ1v) is 23.5. The normalized spacial score (nSPS) is 15.2. The van der Waals surface area contributed by atoms with Gasteiger partial charge in [-0.05, 0) is 64.2 Å². The topological polar surface area (TPSA) is 130 Å². The predicted octanol–water partition coefficient (Wildman–Crippen LogP) is 11.1. The number of carbonyl (C=O) groups is 2. The smallest absolute Gasteiger partial charge is 0.394 e. The number of likely N-dealkylation sites (N-methyl/N-ethyl adjacent to an activating group) is 1. The Balaban J connectivity index is 5.03. The third kappa shape index (κ3) is 28.2. The van der Waals surface area contributed by atoms with Gasteiger partial charge in [-0.15, -0.1) is 0 Å². The molecular weight excluding hydrogens is 701 g/mol. The molecule has 0 aromatic rings. The van der Waals surface area contributed by atoms with Gasteiger partial charge in [0.1, 0.15) is 19.3 Å². The van der Waals surface area contributed by atoms with Crippen LogP contribution in [-0.4, -0.2) is 83.8 Å². The zero-order chi connectivity index (χ0) is 40.4. The summed E-state index contributed by atoms with van der Waals surface area (Å²) < 4.78 is 24.2. The molecule has 0 aromatic carbocycles. The van der Waals surface area contributed by atoms with Gasteiger partial charge in [-0.1, -0.05) is 141 Å². The molecular formula is C44H85NO8P+. The summed E-state index contributed by atoms with van der Waals surface area (Å²) in [6.07, 6.45) is 35.1. The molecule has 318 valence electrons. The Bertz CT molecular complexity index is 973. The van der Waals surface area contributed by atoms with E-state index in [1.165, 1.54) is 77.0 Å². The average Bonchev–Trinajstić information content (AvgIpc) is 3.12. The first kappa shape index (κ1) is 52.8. The summed E-state index contributed by atoms with van der Waals surface area (Å²) in [5, 5.41) is 21.0. The van der Waals surface area contributed by atoms with E-state index in [2.05, 4.69) is 38.2 Å². The summed E-state index contributed by atoms with van der Waals surface area (Å²) >= 11 is 0. The van der Waals surface area contributed by atoms with E-state index in [0.717, 1.165) is 77.0 Å². The van der Waals surface area contributed by atoms with Crippen LogP contribution in [0.15, 0.2) is 24.3 Å². The molecule has 54 heavy (non-hydrogen) atoms. The largest absolute Gasteiger partial charge is 0.473 e. The number of carbonyl (C=O) groups excluding carboxylic acids is 2. The maximum atomic E-state index is 13.8. The first-order chi connectivity index (χ1) is 25.9. The van der Waals surface area contributed by atoms with Crippen LogP contribution in [0.3, 0.4) is 0 Å². The number of phosphoric ester groups is 1. The lowest BCUT2D eigenvalue weighted by molar-refractivity contribution is -0.870. The summed E-state index contributed by atoms with van der Waals surface area (Å²) in [4.78, 5) is 38.3. The summed E-state index contributed by atoms with van der Waals surface area (Å²) in [7, 11) is 0.711. The Labute approximate surface area is 332 Å². The highest BCUT2D eigenvalue weighted by molar-refractivity contribution is 7.47. The number of allylic oxidation sites excluding steroid dienone is 4. The molecule has 2 atom stereocenters. The quantitative estimate of drug-likeness (QED) is 0.0184. The molecule has 0 aliphatic rings. The molecule has 10 heteroatoms. The van der Waals surface area contributed by atoms with Crippen molar-refractivity contribution >= 4 is 19.4 Å². The van der Waals surface area contributed by atoms with Crippen LogP contribution in [0.1, 0.15) is 194 Å². The fraction of sp³-hybridized carbons (Fsp3) is 0.864. The zero-order valence-corrected chi connectivity index (χ0v) is 36.5. The molecule has 0 aliphatic heterocycles. The Hall–Kier alpha value is -1.19. The van der Waals surface area contributed by atoms with E-state index in [1.54, 1.807) is 0 Å². The second-order valence-corrected chi connectivity index (χ2v) is 17.7. The Morgan fingerprint density at radius 1 is 0.611 bits per heavy atom. The SMILES string of the molecule is CCCCCCCCC=CCCCCCCCC(=O)C(OP(=O)(O)OCC[N+](C)(C)C)(C(=O)CCCCCCCC=CCCCCCCCC)[C@@H](O)CO. The number of phosphoric acid groups is 1. The molecule has 0 fully saturated rings. The highest BCUT2D eigenvalue weighted by Crippen LogP contribution is 2.49. The van der Waals surface area contributed by atoms with Crippen molar-refractivity contribution in [1.29, 1.82) is 0 Å². The van der Waals surface area contributed by atoms with Gasteiger partial charge in [-0.3, -0.25) is 18.6 Å². The van der Waals surface area contributed by atoms with Gasteiger partial charge in [0.25, 0.3) is 0 Å². The van der Waals surface area contributed by atoms with Crippen LogP contribution in [0.25, 0.3) is 0 Å². The minimum absolute atomic E-state index is 0.119. The van der Waals surface area contributed by atoms with Crippen molar-refractivity contribution in [2.24, 2.45) is 0 Å². The van der Waals surface area contributed by atoms with Crippen molar-refractivity contribution in [3.8, 4) is 0 Å². The third-order valence-electron chi connectivity index (χ3n) is 10.1. The maximum Gasteiger partial charge on any atom is 0.473 e. The standard InChI is InChI=1S/C44H84NO8P/c1-6-8-10-12-14-16-18-20-22-24-26-28-30-32-34-36-41(47)44(43(49)40-46,53-54(50,51)52-39-38-45(3,4)5)42(48)37-35-33-31-29-27-25-23-21-19-17-15-13-11-9-7-2/h20-23,43,46,49H,6-19,24-40H2,1-5H3/p+1/t43-,44?/m0/s1. The van der Waals surface area contributed by atoms with E-state index in [0.29, 0.717) is 23.9 Å². The second-order valence-electron chi connectivity index (χ2n) is 16.4. The van der Waals surface area contributed by atoms with Gasteiger partial charge in [0, 0.05) is 12.8 Å². The monoisotopic (exact) mass is 787 g/mol. The van der Waals surface area contributed by atoms with Crippen molar-refractivity contribution in [1.82, 2.24) is 0 Å². The molecule has 0 bridgehead atoms. The summed E-state index contributed by atoms with van der Waals surface area (Å²) in [5.41, 5.74) is -2.67. The summed E-state index contributed by atoms with van der Waals surface area (Å²) in [6, 6.07) is 0. The van der Waals surface area contributed by atoms with Crippen molar-refractivity contribution in [2.75, 3.05) is 40.9 Å². The minimum Gasteiger partial charge on any atom is -0.394 e. The van der Waals surface area contributed by atoms with Gasteiger partial charge in [-0.2, -0.15) is 0 Å². The molecule has 0 amide bonds. The van der Waals surface area contributed by atoms with Gasteiger partial charge in [0.2, 0.25) is 5.60 Å². The van der Waals surface area contributed by atoms with Crippen LogP contribution in [0, 0.1) is 0 Å². The molecule has 0 heterocycles. The second kappa shape index (κ2) is 33.9. The van der Waals surface area contributed by atoms with E-state index in [1.807, 2.05) is 21.1 Å². The van der Waals surface area contributed by atoms with Crippen molar-refractivity contribution < 1.29 is 42.8 Å². The number of hydrogen-bond donors (Lipinski definition) is 3. The summed E-state index contributed by atoms with van der Waals surface area (Å²) in [5.74, 6) is -1.58. The first-order valence-electron chi connectivity index (χ1n) is 22.0. The van der Waals surface area contributed by atoms with Crippen molar-refractivity contribution in [3.05, 3.63) is 24.3 Å². The number of unbranched alkanes of at least 4 members (excludes halogenated alkanes) is 22. The predicted molar refractivity (Wildman–Crippen MR) is 225 cm³/mol. The lowest BCUT2D eigenvalue weighted by atomic mass is 9.82. The number of Topliss-reactive ketones (excluding diaryl/α,β-unsaturated/α-hetero) is 2. The molecule has 1 unspecified atom stereocenters. The highest BCUT2D eigenvalue weighted by Gasteiger charge is 2.55. The molecule has 9 nitrogen and oxygen atoms in total. The maximum absolute atomic E-state index is 13.8. The number of nitrogens with zero attached hydrogens (tertiary/aromatic N) is 1. The van der Waals surface area contributed by atoms with Crippen LogP contribution < -0.4 is 0 Å². The molecule has 0 spiro atoms. The van der Waals surface area contributed by atoms with E-state index in [4.69, 9.17) is 9.05 Å². The third-order valence-corrected chi connectivity index (χ3v) is 11.1. The molecule has 0 aliphatic carbocycles. The molecule has 0 saturated carbocycles. The number of aliphatic hydroxyl groups excluding tert-OH is 2. The average molecular weight is 787 g/mol. The molecule has 0 saturated heterocycles. The Morgan fingerprint density at radius 2 is 0.944 bits per heavy atom. The van der Waals surface area contributed by atoms with Crippen molar-refractivity contribution in [3.63, 3.8) is 0 Å². The fourth-order valence-electron chi connectivity index (χ4n) is 6.54. The van der Waals surface area contributed by atoms with E-state index in [-0.39, 0.29) is 19.4 Å². The van der Waals surface area contributed by atoms with Gasteiger partial charge in [-0.25, -0.2) is 4.57 Å². The van der Waals surface area contributed by atoms with Crippen LogP contribution >= 0.6 is 7.82 Å². The Morgan fingerprint density at radius 3 is 1.28 bits per heavy atom. The number of quaternary nitrogens is 1. The highest BCUT2D eigenvalue weighted by atomic mass is 31.2. The lowest BCUT2D eigenvalue weighted by Crippen LogP contribution is -2.58. The fourth-order valence-corrected chi connectivity index (χ4v) is 7.60. The van der Waals surface area contributed by atoms with Crippen LogP contribution in [0.2, 0.25) is 0 Å². The van der Waals surface area contributed by atoms with E-state index < -0.39 is 37.7 Å². The molecule has 0 radical (unpaired) electrons. The molecule has 0 rings (SSSR count). The van der Waals surface area contributed by atoms with Gasteiger partial charge in [0.05, 0.1) is 27.7 Å².